The van der Waals surface area contributed by atoms with E-state index in [1.165, 1.54) is 6.20 Å². The summed E-state index contributed by atoms with van der Waals surface area (Å²) in [6, 6.07) is 0. The lowest BCUT2D eigenvalue weighted by molar-refractivity contribution is 1.52. The highest BCUT2D eigenvalue weighted by Crippen LogP contribution is 1.96. The fourth-order valence-electron chi connectivity index (χ4n) is 0.552. The Morgan fingerprint density at radius 1 is 1.22 bits per heavy atom. The van der Waals surface area contributed by atoms with E-state index in [9.17, 15) is 0 Å². The summed E-state index contributed by atoms with van der Waals surface area (Å²) in [4.78, 5) is 0. The standard InChI is InChI=1S/C8H13N/c1-3-5-8(4-2)6-7-9/h3-7H,9H2,1-2H3/b5-3-,7-6-,8-4+. The average Bonchev–Trinajstić information content (AvgIpc) is 1.88. The summed E-state index contributed by atoms with van der Waals surface area (Å²) in [6.07, 6.45) is 9.39. The fourth-order valence-corrected chi connectivity index (χ4v) is 0.552. The van der Waals surface area contributed by atoms with Gasteiger partial charge in [-0.1, -0.05) is 18.2 Å². The zero-order chi connectivity index (χ0) is 7.11. The largest absolute Gasteiger partial charge is 0.405 e. The molecule has 0 saturated carbocycles. The molecule has 0 atom stereocenters. The van der Waals surface area contributed by atoms with Gasteiger partial charge in [0.15, 0.2) is 0 Å². The second-order valence-electron chi connectivity index (χ2n) is 1.65. The van der Waals surface area contributed by atoms with Crippen LogP contribution in [0.5, 0.6) is 0 Å². The second kappa shape index (κ2) is 5.16. The average molecular weight is 123 g/mol. The lowest BCUT2D eigenvalue weighted by Gasteiger charge is -1.86. The molecular weight excluding hydrogens is 110 g/mol. The highest BCUT2D eigenvalue weighted by atomic mass is 14.5. The summed E-state index contributed by atoms with van der Waals surface area (Å²) in [5, 5.41) is 0. The van der Waals surface area contributed by atoms with E-state index in [0.717, 1.165) is 5.57 Å². The van der Waals surface area contributed by atoms with Crippen molar-refractivity contribution in [2.75, 3.05) is 0 Å². The van der Waals surface area contributed by atoms with Crippen molar-refractivity contribution >= 4 is 0 Å². The normalized spacial score (nSPS) is 13.8. The van der Waals surface area contributed by atoms with E-state index < -0.39 is 0 Å². The van der Waals surface area contributed by atoms with E-state index >= 15 is 0 Å². The summed E-state index contributed by atoms with van der Waals surface area (Å²) < 4.78 is 0. The van der Waals surface area contributed by atoms with E-state index in [0.29, 0.717) is 0 Å². The smallest absolute Gasteiger partial charge is 0.00565 e. The van der Waals surface area contributed by atoms with Crippen molar-refractivity contribution in [1.29, 1.82) is 0 Å². The Kier molecular flexibility index (Phi) is 4.60. The fraction of sp³-hybridized carbons (Fsp3) is 0.250. The highest BCUT2D eigenvalue weighted by molar-refractivity contribution is 5.28. The van der Waals surface area contributed by atoms with E-state index in [-0.39, 0.29) is 0 Å². The van der Waals surface area contributed by atoms with Crippen LogP contribution in [0.2, 0.25) is 0 Å². The summed E-state index contributed by atoms with van der Waals surface area (Å²) in [5.41, 5.74) is 6.32. The summed E-state index contributed by atoms with van der Waals surface area (Å²) in [7, 11) is 0. The van der Waals surface area contributed by atoms with Gasteiger partial charge in [0.25, 0.3) is 0 Å². The Balaban J connectivity index is 4.01. The van der Waals surface area contributed by atoms with Crippen LogP contribution in [0.15, 0.2) is 36.1 Å². The van der Waals surface area contributed by atoms with E-state index in [1.54, 1.807) is 0 Å². The van der Waals surface area contributed by atoms with E-state index in [1.807, 2.05) is 38.2 Å². The van der Waals surface area contributed by atoms with Crippen molar-refractivity contribution < 1.29 is 0 Å². The Hall–Kier alpha value is -0.980. The molecule has 0 aliphatic carbocycles. The van der Waals surface area contributed by atoms with Gasteiger partial charge >= 0.3 is 0 Å². The van der Waals surface area contributed by atoms with Crippen LogP contribution in [-0.2, 0) is 0 Å². The molecule has 0 aliphatic rings. The van der Waals surface area contributed by atoms with Gasteiger partial charge in [0.05, 0.1) is 0 Å². The maximum atomic E-state index is 5.18. The predicted molar refractivity (Wildman–Crippen MR) is 41.9 cm³/mol. The minimum atomic E-state index is 1.14. The van der Waals surface area contributed by atoms with Crippen molar-refractivity contribution in [3.8, 4) is 0 Å². The molecule has 0 aliphatic heterocycles. The first kappa shape index (κ1) is 8.02. The van der Waals surface area contributed by atoms with Gasteiger partial charge in [-0.05, 0) is 31.7 Å². The van der Waals surface area contributed by atoms with Crippen molar-refractivity contribution in [2.24, 2.45) is 5.73 Å². The third kappa shape index (κ3) is 3.59. The molecule has 50 valence electrons. The van der Waals surface area contributed by atoms with Gasteiger partial charge in [0.1, 0.15) is 0 Å². The minimum Gasteiger partial charge on any atom is -0.405 e. The Morgan fingerprint density at radius 2 is 1.89 bits per heavy atom. The van der Waals surface area contributed by atoms with E-state index in [4.69, 9.17) is 5.73 Å². The van der Waals surface area contributed by atoms with E-state index in [2.05, 4.69) is 0 Å². The van der Waals surface area contributed by atoms with Gasteiger partial charge in [0.2, 0.25) is 0 Å². The van der Waals surface area contributed by atoms with Crippen molar-refractivity contribution in [1.82, 2.24) is 0 Å². The molecule has 0 heterocycles. The quantitative estimate of drug-likeness (QED) is 0.558. The van der Waals surface area contributed by atoms with Gasteiger partial charge < -0.3 is 5.73 Å². The van der Waals surface area contributed by atoms with Crippen molar-refractivity contribution in [3.63, 3.8) is 0 Å². The number of nitrogens with two attached hydrogens (primary N) is 1. The molecule has 0 amide bonds. The lowest BCUT2D eigenvalue weighted by atomic mass is 10.2. The van der Waals surface area contributed by atoms with Gasteiger partial charge in [-0.2, -0.15) is 0 Å². The third-order valence-corrected chi connectivity index (χ3v) is 0.981. The van der Waals surface area contributed by atoms with Gasteiger partial charge in [-0.25, -0.2) is 0 Å². The molecule has 0 fully saturated rings. The van der Waals surface area contributed by atoms with Crippen LogP contribution < -0.4 is 5.73 Å². The molecule has 0 aromatic carbocycles. The first-order valence-electron chi connectivity index (χ1n) is 3.02. The second-order valence-corrected chi connectivity index (χ2v) is 1.65. The SMILES string of the molecule is C\C=C/C(/C=C\N)=C\C. The Morgan fingerprint density at radius 3 is 2.22 bits per heavy atom. The molecule has 0 spiro atoms. The molecule has 0 radical (unpaired) electrons. The van der Waals surface area contributed by atoms with Crippen LogP contribution in [0.25, 0.3) is 0 Å². The molecule has 0 unspecified atom stereocenters. The number of allylic oxidation sites excluding steroid dienone is 5. The van der Waals surface area contributed by atoms with Gasteiger partial charge in [0, 0.05) is 0 Å². The molecule has 0 bridgehead atoms. The summed E-state index contributed by atoms with van der Waals surface area (Å²) >= 11 is 0. The highest BCUT2D eigenvalue weighted by Gasteiger charge is 1.77. The molecule has 1 heteroatoms. The third-order valence-electron chi connectivity index (χ3n) is 0.981. The monoisotopic (exact) mass is 123 g/mol. The maximum Gasteiger partial charge on any atom is -0.00565 e. The molecule has 0 saturated heterocycles. The van der Waals surface area contributed by atoms with Crippen molar-refractivity contribution in [3.05, 3.63) is 36.1 Å². The Bertz CT molecular complexity index is 127. The lowest BCUT2D eigenvalue weighted by Crippen LogP contribution is -1.77. The van der Waals surface area contributed by atoms with Crippen LogP contribution in [0.3, 0.4) is 0 Å². The number of rotatable bonds is 2. The zero-order valence-electron chi connectivity index (χ0n) is 5.96. The van der Waals surface area contributed by atoms with Crippen LogP contribution in [0, 0.1) is 0 Å². The Labute approximate surface area is 56.6 Å². The predicted octanol–water partition coefficient (Wildman–Crippen LogP) is 1.98. The van der Waals surface area contributed by atoms with Crippen LogP contribution >= 0.6 is 0 Å². The van der Waals surface area contributed by atoms with Crippen LogP contribution in [0.1, 0.15) is 13.8 Å². The first-order chi connectivity index (χ1) is 4.35. The maximum absolute atomic E-state index is 5.18. The first-order valence-corrected chi connectivity index (χ1v) is 3.02. The molecule has 0 aromatic rings. The molecular formula is C8H13N. The van der Waals surface area contributed by atoms with Crippen LogP contribution in [0.4, 0.5) is 0 Å². The van der Waals surface area contributed by atoms with Gasteiger partial charge in [-0.15, -0.1) is 0 Å². The molecule has 0 aromatic heterocycles. The molecule has 0 rings (SSSR count). The summed E-state index contributed by atoms with van der Waals surface area (Å²) in [5.74, 6) is 0. The molecule has 1 nitrogen and oxygen atoms in total. The topological polar surface area (TPSA) is 26.0 Å². The van der Waals surface area contributed by atoms with Crippen LogP contribution in [-0.4, -0.2) is 0 Å². The van der Waals surface area contributed by atoms with Gasteiger partial charge in [-0.3, -0.25) is 0 Å². The van der Waals surface area contributed by atoms with Crippen molar-refractivity contribution in [2.45, 2.75) is 13.8 Å². The number of hydrogen-bond donors (Lipinski definition) is 1. The summed E-state index contributed by atoms with van der Waals surface area (Å²) in [6.45, 7) is 3.96. The molecule has 2 N–H and O–H groups in total. The number of hydrogen-bond acceptors (Lipinski definition) is 1. The molecule has 9 heavy (non-hydrogen) atoms. The minimum absolute atomic E-state index is 1.14. The zero-order valence-corrected chi connectivity index (χ0v) is 5.96.